The molecule has 0 N–H and O–H groups in total. The maximum Gasteiger partial charge on any atom is 0.136 e. The van der Waals surface area contributed by atoms with E-state index in [1.165, 1.54) is 17.2 Å². The third-order valence-electron chi connectivity index (χ3n) is 4.62. The molecule has 2 aromatic rings. The number of hydrogen-bond acceptors (Lipinski definition) is 2. The lowest BCUT2D eigenvalue weighted by Crippen LogP contribution is -2.26. The predicted molar refractivity (Wildman–Crippen MR) is 91.1 cm³/mol. The van der Waals surface area contributed by atoms with Gasteiger partial charge in [-0.3, -0.25) is 0 Å². The van der Waals surface area contributed by atoms with Crippen molar-refractivity contribution in [2.75, 3.05) is 18.0 Å². The topological polar surface area (TPSA) is 16.1 Å². The lowest BCUT2D eigenvalue weighted by atomic mass is 9.80. The maximum atomic E-state index is 6.03. The molecule has 1 unspecified atom stereocenters. The summed E-state index contributed by atoms with van der Waals surface area (Å²) in [4.78, 5) is 7.25. The minimum atomic E-state index is 0.356. The molecule has 1 atom stereocenters. The van der Waals surface area contributed by atoms with E-state index in [-0.39, 0.29) is 0 Å². The number of nitrogens with zero attached hydrogens (tertiary/aromatic N) is 2. The molecular weight excluding hydrogens is 280 g/mol. The van der Waals surface area contributed by atoms with Crippen LogP contribution in [0, 0.1) is 11.3 Å². The first-order chi connectivity index (χ1) is 9.99. The van der Waals surface area contributed by atoms with E-state index in [9.17, 15) is 0 Å². The van der Waals surface area contributed by atoms with Crippen molar-refractivity contribution in [3.63, 3.8) is 0 Å². The second-order valence-corrected chi connectivity index (χ2v) is 7.36. The highest BCUT2D eigenvalue weighted by atomic mass is 35.5. The maximum absolute atomic E-state index is 6.03. The van der Waals surface area contributed by atoms with E-state index in [1.807, 2.05) is 0 Å². The fraction of sp³-hybridized carbons (Fsp3) is 0.500. The van der Waals surface area contributed by atoms with Gasteiger partial charge in [-0.25, -0.2) is 4.98 Å². The van der Waals surface area contributed by atoms with Crippen molar-refractivity contribution in [2.45, 2.75) is 33.1 Å². The van der Waals surface area contributed by atoms with Crippen LogP contribution in [-0.2, 0) is 5.88 Å². The van der Waals surface area contributed by atoms with Crippen molar-refractivity contribution in [3.8, 4) is 0 Å². The van der Waals surface area contributed by atoms with E-state index < -0.39 is 0 Å². The van der Waals surface area contributed by atoms with E-state index in [0.717, 1.165) is 30.5 Å². The third-order valence-corrected chi connectivity index (χ3v) is 4.90. The van der Waals surface area contributed by atoms with Crippen LogP contribution in [0.15, 0.2) is 30.3 Å². The standard InChI is InChI=1S/C18H23ClN2/c1-18(2,3)14-8-9-21(12-14)17-16-7-5-4-6-13(16)10-15(11-19)20-17/h4-7,10,14H,8-9,11-12H2,1-3H3. The summed E-state index contributed by atoms with van der Waals surface area (Å²) in [6.45, 7) is 9.18. The number of aromatic nitrogens is 1. The molecule has 0 spiro atoms. The zero-order valence-corrected chi connectivity index (χ0v) is 13.8. The van der Waals surface area contributed by atoms with Gasteiger partial charge in [-0.2, -0.15) is 0 Å². The number of hydrogen-bond donors (Lipinski definition) is 0. The third kappa shape index (κ3) is 2.87. The van der Waals surface area contributed by atoms with Crippen LogP contribution < -0.4 is 4.90 Å². The summed E-state index contributed by atoms with van der Waals surface area (Å²) in [6.07, 6.45) is 1.24. The molecule has 21 heavy (non-hydrogen) atoms. The molecule has 0 radical (unpaired) electrons. The quantitative estimate of drug-likeness (QED) is 0.738. The summed E-state index contributed by atoms with van der Waals surface area (Å²) in [7, 11) is 0. The highest BCUT2D eigenvalue weighted by molar-refractivity contribution is 6.17. The Labute approximate surface area is 132 Å². The van der Waals surface area contributed by atoms with E-state index in [4.69, 9.17) is 16.6 Å². The van der Waals surface area contributed by atoms with Crippen molar-refractivity contribution in [1.82, 2.24) is 4.98 Å². The number of alkyl halides is 1. The molecule has 2 nitrogen and oxygen atoms in total. The molecule has 1 aliphatic rings. The van der Waals surface area contributed by atoms with Gasteiger partial charge in [0, 0.05) is 18.5 Å². The number of anilines is 1. The number of pyridine rings is 1. The van der Waals surface area contributed by atoms with Gasteiger partial charge in [0.15, 0.2) is 0 Å². The van der Waals surface area contributed by atoms with Crippen molar-refractivity contribution in [3.05, 3.63) is 36.0 Å². The first kappa shape index (κ1) is 14.6. The van der Waals surface area contributed by atoms with Gasteiger partial charge >= 0.3 is 0 Å². The fourth-order valence-electron chi connectivity index (χ4n) is 3.20. The molecule has 0 aliphatic carbocycles. The molecule has 2 heterocycles. The van der Waals surface area contributed by atoms with E-state index >= 15 is 0 Å². The Balaban J connectivity index is 2.00. The summed E-state index contributed by atoms with van der Waals surface area (Å²) < 4.78 is 0. The van der Waals surface area contributed by atoms with Crippen LogP contribution in [-0.4, -0.2) is 18.1 Å². The molecular formula is C18H23ClN2. The Morgan fingerprint density at radius 1 is 1.29 bits per heavy atom. The van der Waals surface area contributed by atoms with Gasteiger partial charge in [0.05, 0.1) is 11.6 Å². The molecule has 3 heteroatoms. The molecule has 1 aromatic heterocycles. The van der Waals surface area contributed by atoms with Gasteiger partial charge in [0.25, 0.3) is 0 Å². The van der Waals surface area contributed by atoms with E-state index in [0.29, 0.717) is 11.3 Å². The summed E-state index contributed by atoms with van der Waals surface area (Å²) in [5.74, 6) is 2.29. The Morgan fingerprint density at radius 3 is 2.71 bits per heavy atom. The Hall–Kier alpha value is -1.28. The van der Waals surface area contributed by atoms with E-state index in [2.05, 4.69) is 56.0 Å². The largest absolute Gasteiger partial charge is 0.356 e. The van der Waals surface area contributed by atoms with Gasteiger partial charge in [0.1, 0.15) is 5.82 Å². The van der Waals surface area contributed by atoms with Crippen molar-refractivity contribution >= 4 is 28.2 Å². The zero-order valence-electron chi connectivity index (χ0n) is 13.1. The molecule has 0 amide bonds. The smallest absolute Gasteiger partial charge is 0.136 e. The highest BCUT2D eigenvalue weighted by Gasteiger charge is 2.32. The van der Waals surface area contributed by atoms with Gasteiger partial charge in [-0.05, 0) is 29.2 Å². The van der Waals surface area contributed by atoms with Gasteiger partial charge in [-0.1, -0.05) is 45.0 Å². The summed E-state index contributed by atoms with van der Waals surface area (Å²) in [5, 5.41) is 2.47. The van der Waals surface area contributed by atoms with Crippen molar-refractivity contribution in [2.24, 2.45) is 11.3 Å². The zero-order chi connectivity index (χ0) is 15.0. The molecule has 1 aromatic carbocycles. The average molecular weight is 303 g/mol. The molecule has 3 rings (SSSR count). The van der Waals surface area contributed by atoms with Crippen LogP contribution in [0.3, 0.4) is 0 Å². The lowest BCUT2D eigenvalue weighted by Gasteiger charge is -2.27. The summed E-state index contributed by atoms with van der Waals surface area (Å²) in [6, 6.07) is 10.6. The van der Waals surface area contributed by atoms with Gasteiger partial charge in [-0.15, -0.1) is 11.6 Å². The highest BCUT2D eigenvalue weighted by Crippen LogP contribution is 2.37. The van der Waals surface area contributed by atoms with E-state index in [1.54, 1.807) is 0 Å². The van der Waals surface area contributed by atoms with Gasteiger partial charge in [0.2, 0.25) is 0 Å². The molecule has 1 aliphatic heterocycles. The first-order valence-corrected chi connectivity index (χ1v) is 8.22. The van der Waals surface area contributed by atoms with Crippen LogP contribution in [0.4, 0.5) is 5.82 Å². The van der Waals surface area contributed by atoms with Crippen LogP contribution >= 0.6 is 11.6 Å². The minimum absolute atomic E-state index is 0.356. The number of halogens is 1. The Morgan fingerprint density at radius 2 is 2.05 bits per heavy atom. The predicted octanol–water partition coefficient (Wildman–Crippen LogP) is 4.85. The lowest BCUT2D eigenvalue weighted by molar-refractivity contribution is 0.263. The fourth-order valence-corrected chi connectivity index (χ4v) is 3.34. The second-order valence-electron chi connectivity index (χ2n) is 7.09. The normalized spacial score (nSPS) is 19.4. The van der Waals surface area contributed by atoms with Crippen LogP contribution in [0.1, 0.15) is 32.9 Å². The first-order valence-electron chi connectivity index (χ1n) is 7.68. The number of benzene rings is 1. The average Bonchev–Trinajstić information content (AvgIpc) is 2.95. The van der Waals surface area contributed by atoms with Crippen LogP contribution in [0.5, 0.6) is 0 Å². The second kappa shape index (κ2) is 5.49. The Kier molecular flexibility index (Phi) is 3.83. The molecule has 1 saturated heterocycles. The van der Waals surface area contributed by atoms with Crippen LogP contribution in [0.2, 0.25) is 0 Å². The molecule has 0 saturated carbocycles. The molecule has 112 valence electrons. The number of fused-ring (bicyclic) bond motifs is 1. The Bertz CT molecular complexity index is 645. The summed E-state index contributed by atoms with van der Waals surface area (Å²) in [5.41, 5.74) is 1.32. The van der Waals surface area contributed by atoms with Gasteiger partial charge < -0.3 is 4.90 Å². The number of rotatable bonds is 2. The SMILES string of the molecule is CC(C)(C)C1CCN(c2nc(CCl)cc3ccccc23)C1. The minimum Gasteiger partial charge on any atom is -0.356 e. The molecule has 0 bridgehead atoms. The molecule has 1 fully saturated rings. The van der Waals surface area contributed by atoms with Crippen LogP contribution in [0.25, 0.3) is 10.8 Å². The van der Waals surface area contributed by atoms with Crippen molar-refractivity contribution < 1.29 is 0 Å². The summed E-state index contributed by atoms with van der Waals surface area (Å²) >= 11 is 6.03. The monoisotopic (exact) mass is 302 g/mol. The van der Waals surface area contributed by atoms with Crippen molar-refractivity contribution in [1.29, 1.82) is 0 Å².